The van der Waals surface area contributed by atoms with Crippen LogP contribution in [-0.2, 0) is 65.4 Å². The summed E-state index contributed by atoms with van der Waals surface area (Å²) in [6.07, 6.45) is 43.0. The SMILES string of the molecule is CCCCCCCCCCCCCCCCC(=O)OC[C@H](COP(=O)(O)OC[C@@H](O)COP(=O)(O)OC[C@@H](COC(=O)CCCCCCCCCC)OC(=O)CCCCCCCCCC)OC(=O)CCCCCCCCCCCCC(C)CC. The van der Waals surface area contributed by atoms with Crippen LogP contribution < -0.4 is 0 Å². The zero-order valence-electron chi connectivity index (χ0n) is 54.0. The molecule has 0 bridgehead atoms. The molecule has 0 spiro atoms. The summed E-state index contributed by atoms with van der Waals surface area (Å²) < 4.78 is 67.9. The Morgan fingerprint density at radius 1 is 0.333 bits per heavy atom. The molecule has 0 aromatic carbocycles. The lowest BCUT2D eigenvalue weighted by molar-refractivity contribution is -0.161. The van der Waals surface area contributed by atoms with Gasteiger partial charge in [0.05, 0.1) is 26.4 Å². The summed E-state index contributed by atoms with van der Waals surface area (Å²) in [5.41, 5.74) is 0. The lowest BCUT2D eigenvalue weighted by atomic mass is 9.99. The maximum absolute atomic E-state index is 13.0. The van der Waals surface area contributed by atoms with Crippen LogP contribution in [0.25, 0.3) is 0 Å². The summed E-state index contributed by atoms with van der Waals surface area (Å²) in [6, 6.07) is 0. The third-order valence-corrected chi connectivity index (χ3v) is 17.3. The van der Waals surface area contributed by atoms with E-state index in [1.54, 1.807) is 0 Å². The molecule has 0 saturated carbocycles. The number of carbonyl (C=O) groups is 4. The highest BCUT2D eigenvalue weighted by Gasteiger charge is 2.30. The van der Waals surface area contributed by atoms with Crippen molar-refractivity contribution in [3.8, 4) is 0 Å². The van der Waals surface area contributed by atoms with Gasteiger partial charge in [-0.25, -0.2) is 9.13 Å². The second-order valence-electron chi connectivity index (χ2n) is 23.7. The number of carbonyl (C=O) groups excluding carboxylic acids is 4. The summed E-state index contributed by atoms with van der Waals surface area (Å²) in [5, 5.41) is 10.5. The molecule has 0 aliphatic rings. The largest absolute Gasteiger partial charge is 0.472 e. The topological polar surface area (TPSA) is 237 Å². The van der Waals surface area contributed by atoms with Crippen molar-refractivity contribution in [3.63, 3.8) is 0 Å². The maximum Gasteiger partial charge on any atom is 0.472 e. The Balaban J connectivity index is 5.21. The van der Waals surface area contributed by atoms with Crippen LogP contribution in [0.15, 0.2) is 0 Å². The van der Waals surface area contributed by atoms with E-state index in [2.05, 4.69) is 34.6 Å². The number of rotatable bonds is 65. The highest BCUT2D eigenvalue weighted by molar-refractivity contribution is 7.47. The van der Waals surface area contributed by atoms with Gasteiger partial charge < -0.3 is 33.8 Å². The second-order valence-corrected chi connectivity index (χ2v) is 26.7. The van der Waals surface area contributed by atoms with Gasteiger partial charge in [0.15, 0.2) is 12.2 Å². The number of hydrogen-bond acceptors (Lipinski definition) is 15. The lowest BCUT2D eigenvalue weighted by Gasteiger charge is -2.21. The van der Waals surface area contributed by atoms with E-state index in [9.17, 15) is 43.2 Å². The van der Waals surface area contributed by atoms with Crippen LogP contribution in [0.3, 0.4) is 0 Å². The number of aliphatic hydroxyl groups is 1. The molecule has 17 nitrogen and oxygen atoms in total. The molecule has 0 fully saturated rings. The summed E-state index contributed by atoms with van der Waals surface area (Å²) in [6.45, 7) is 7.18. The third kappa shape index (κ3) is 57.8. The van der Waals surface area contributed by atoms with Crippen molar-refractivity contribution in [1.82, 2.24) is 0 Å². The van der Waals surface area contributed by atoms with Gasteiger partial charge >= 0.3 is 39.5 Å². The molecular formula is C65H126O17P2. The third-order valence-electron chi connectivity index (χ3n) is 15.4. The summed E-state index contributed by atoms with van der Waals surface area (Å²) in [4.78, 5) is 72.1. The molecule has 0 aromatic heterocycles. The Hall–Kier alpha value is -1.94. The van der Waals surface area contributed by atoms with Gasteiger partial charge in [0.25, 0.3) is 0 Å². The molecule has 0 aliphatic carbocycles. The molecule has 0 aliphatic heterocycles. The van der Waals surface area contributed by atoms with Crippen molar-refractivity contribution >= 4 is 39.5 Å². The zero-order valence-corrected chi connectivity index (χ0v) is 55.8. The normalized spacial score (nSPS) is 14.5. The van der Waals surface area contributed by atoms with Crippen molar-refractivity contribution in [1.29, 1.82) is 0 Å². The molecule has 3 N–H and O–H groups in total. The van der Waals surface area contributed by atoms with Crippen molar-refractivity contribution in [3.05, 3.63) is 0 Å². The number of ether oxygens (including phenoxy) is 4. The summed E-state index contributed by atoms with van der Waals surface area (Å²) >= 11 is 0. The second kappa shape index (κ2) is 58.7. The highest BCUT2D eigenvalue weighted by Crippen LogP contribution is 2.45. The number of esters is 4. The fraction of sp³-hybridized carbons (Fsp3) is 0.938. The van der Waals surface area contributed by atoms with Crippen molar-refractivity contribution in [2.45, 2.75) is 348 Å². The minimum atomic E-state index is -4.95. The van der Waals surface area contributed by atoms with Gasteiger partial charge in [-0.2, -0.15) is 0 Å². The fourth-order valence-electron chi connectivity index (χ4n) is 9.73. The molecule has 498 valence electrons. The van der Waals surface area contributed by atoms with E-state index in [0.29, 0.717) is 25.7 Å². The molecular weight excluding hydrogens is 1110 g/mol. The summed E-state index contributed by atoms with van der Waals surface area (Å²) in [5.74, 6) is -1.33. The van der Waals surface area contributed by atoms with Gasteiger partial charge in [-0.15, -0.1) is 0 Å². The average molecular weight is 1240 g/mol. The van der Waals surface area contributed by atoms with Gasteiger partial charge in [-0.3, -0.25) is 37.3 Å². The van der Waals surface area contributed by atoms with E-state index < -0.39 is 97.5 Å². The predicted octanol–water partition coefficient (Wildman–Crippen LogP) is 18.2. The Bertz CT molecular complexity index is 1640. The first-order chi connectivity index (χ1) is 40.6. The van der Waals surface area contributed by atoms with Crippen molar-refractivity contribution in [2.75, 3.05) is 39.6 Å². The molecule has 0 rings (SSSR count). The van der Waals surface area contributed by atoms with Gasteiger partial charge in [0.2, 0.25) is 0 Å². The van der Waals surface area contributed by atoms with Crippen LogP contribution in [0.2, 0.25) is 0 Å². The highest BCUT2D eigenvalue weighted by atomic mass is 31.2. The van der Waals surface area contributed by atoms with Crippen LogP contribution in [0.5, 0.6) is 0 Å². The first-order valence-corrected chi connectivity index (χ1v) is 37.2. The number of unbranched alkanes of at least 4 members (excludes halogenated alkanes) is 36. The monoisotopic (exact) mass is 1240 g/mol. The van der Waals surface area contributed by atoms with Crippen LogP contribution in [-0.4, -0.2) is 96.7 Å². The standard InChI is InChI=1S/C65H126O17P2/c1-6-10-13-16-19-22-23-24-25-26-30-35-39-44-49-63(68)76-55-61(82-65(70)51-46-41-36-31-28-27-29-32-37-42-47-58(5)9-4)57-80-84(73,74)78-53-59(66)52-77-83(71,72)79-56-60(81-64(69)50-45-40-34-21-18-15-12-8-3)54-75-62(67)48-43-38-33-20-17-14-11-7-2/h58-61,66H,6-57H2,1-5H3,(H,71,72)(H,73,74)/t58?,59-,60+,61+/m0/s1. The Kier molecular flexibility index (Phi) is 57.4. The van der Waals surface area contributed by atoms with Crippen LogP contribution in [0, 0.1) is 5.92 Å². The minimum Gasteiger partial charge on any atom is -0.462 e. The molecule has 84 heavy (non-hydrogen) atoms. The number of hydrogen-bond donors (Lipinski definition) is 3. The van der Waals surface area contributed by atoms with Gasteiger partial charge in [-0.1, -0.05) is 279 Å². The Labute approximate surface area is 511 Å². The van der Waals surface area contributed by atoms with Crippen LogP contribution in [0.4, 0.5) is 0 Å². The summed E-state index contributed by atoms with van der Waals surface area (Å²) in [7, 11) is -9.88. The van der Waals surface area contributed by atoms with Gasteiger partial charge in [-0.05, 0) is 31.6 Å². The molecule has 6 atom stereocenters. The van der Waals surface area contributed by atoms with Crippen LogP contribution >= 0.6 is 15.6 Å². The smallest absolute Gasteiger partial charge is 0.462 e. The molecule has 0 aromatic rings. The minimum absolute atomic E-state index is 0.105. The lowest BCUT2D eigenvalue weighted by Crippen LogP contribution is -2.30. The van der Waals surface area contributed by atoms with E-state index in [-0.39, 0.29) is 25.7 Å². The van der Waals surface area contributed by atoms with Gasteiger partial charge in [0.1, 0.15) is 19.3 Å². The van der Waals surface area contributed by atoms with E-state index in [1.165, 1.54) is 141 Å². The first-order valence-electron chi connectivity index (χ1n) is 34.2. The predicted molar refractivity (Wildman–Crippen MR) is 335 cm³/mol. The number of aliphatic hydroxyl groups excluding tert-OH is 1. The average Bonchev–Trinajstić information content (AvgIpc) is 3.55. The molecule has 0 radical (unpaired) electrons. The van der Waals surface area contributed by atoms with E-state index in [0.717, 1.165) is 109 Å². The van der Waals surface area contributed by atoms with Crippen LogP contribution in [0.1, 0.15) is 330 Å². The van der Waals surface area contributed by atoms with E-state index in [4.69, 9.17) is 37.0 Å². The molecule has 0 amide bonds. The van der Waals surface area contributed by atoms with Crippen molar-refractivity contribution in [2.24, 2.45) is 5.92 Å². The Morgan fingerprint density at radius 3 is 0.845 bits per heavy atom. The quantitative estimate of drug-likeness (QED) is 0.0222. The molecule has 0 heterocycles. The zero-order chi connectivity index (χ0) is 62.0. The first kappa shape index (κ1) is 82.1. The van der Waals surface area contributed by atoms with Gasteiger partial charge in [0, 0.05) is 25.7 Å². The number of phosphoric acid groups is 2. The number of phosphoric ester groups is 2. The molecule has 3 unspecified atom stereocenters. The molecule has 0 saturated heterocycles. The van der Waals surface area contributed by atoms with E-state index >= 15 is 0 Å². The maximum atomic E-state index is 13.0. The fourth-order valence-corrected chi connectivity index (χ4v) is 11.3. The van der Waals surface area contributed by atoms with Crippen molar-refractivity contribution < 1.29 is 80.2 Å². The van der Waals surface area contributed by atoms with E-state index in [1.807, 2.05) is 0 Å². The Morgan fingerprint density at radius 2 is 0.571 bits per heavy atom. The molecule has 19 heteroatoms.